The molecule has 1 aromatic carbocycles. The molecule has 7 nitrogen and oxygen atoms in total. The van der Waals surface area contributed by atoms with Gasteiger partial charge in [0.15, 0.2) is 5.82 Å². The molecule has 4 rings (SSSR count). The number of halogens is 1. The van der Waals surface area contributed by atoms with Gasteiger partial charge in [-0.05, 0) is 36.6 Å². The van der Waals surface area contributed by atoms with Crippen LogP contribution >= 0.6 is 11.6 Å². The molecule has 4 aromatic rings. The maximum atomic E-state index is 12.8. The van der Waals surface area contributed by atoms with Gasteiger partial charge in [0.25, 0.3) is 5.91 Å². The van der Waals surface area contributed by atoms with E-state index in [1.54, 1.807) is 26.4 Å². The van der Waals surface area contributed by atoms with Crippen LogP contribution in [-0.4, -0.2) is 44.8 Å². The molecule has 0 bridgehead atoms. The van der Waals surface area contributed by atoms with E-state index >= 15 is 0 Å². The molecular formula is C21H19ClN6O. The van der Waals surface area contributed by atoms with Gasteiger partial charge in [-0.25, -0.2) is 15.0 Å². The second kappa shape index (κ2) is 7.60. The van der Waals surface area contributed by atoms with Gasteiger partial charge >= 0.3 is 0 Å². The molecule has 3 heterocycles. The molecule has 0 aliphatic rings. The van der Waals surface area contributed by atoms with Gasteiger partial charge in [-0.3, -0.25) is 9.78 Å². The Balaban J connectivity index is 1.80. The number of nitrogens with zero attached hydrogens (tertiary/aromatic N) is 5. The van der Waals surface area contributed by atoms with E-state index < -0.39 is 0 Å². The van der Waals surface area contributed by atoms with Gasteiger partial charge in [-0.1, -0.05) is 23.7 Å². The number of nitrogens with one attached hydrogen (secondary N) is 1. The molecular weight excluding hydrogens is 388 g/mol. The van der Waals surface area contributed by atoms with Crippen LogP contribution in [0.3, 0.4) is 0 Å². The second-order valence-corrected chi connectivity index (χ2v) is 7.30. The van der Waals surface area contributed by atoms with Gasteiger partial charge in [0, 0.05) is 25.7 Å². The van der Waals surface area contributed by atoms with Gasteiger partial charge in [-0.15, -0.1) is 0 Å². The van der Waals surface area contributed by atoms with Crippen molar-refractivity contribution >= 4 is 45.1 Å². The van der Waals surface area contributed by atoms with Crippen LogP contribution in [0.2, 0.25) is 5.02 Å². The summed E-state index contributed by atoms with van der Waals surface area (Å²) in [5.74, 6) is 0.405. The Morgan fingerprint density at radius 1 is 1.14 bits per heavy atom. The van der Waals surface area contributed by atoms with Crippen molar-refractivity contribution in [1.29, 1.82) is 0 Å². The first-order valence-electron chi connectivity index (χ1n) is 9.09. The Hall–Kier alpha value is -3.32. The van der Waals surface area contributed by atoms with E-state index in [2.05, 4.69) is 25.3 Å². The minimum Gasteiger partial charge on any atom is -0.360 e. The number of pyridine rings is 2. The van der Waals surface area contributed by atoms with Gasteiger partial charge in [0.2, 0.25) is 0 Å². The molecule has 0 radical (unpaired) electrons. The standard InChI is InChI=1S/C21H19ClN6O/c1-12(26-20-18-15(24-11-25-20)8-5-9-23-18)16-10-13-6-4-7-14(22)17(13)19(27-16)21(29)28(2)3/h4-12H,1-3H3,(H,24,25,26). The van der Waals surface area contributed by atoms with E-state index in [0.717, 1.165) is 10.9 Å². The molecule has 0 saturated heterocycles. The molecule has 8 heteroatoms. The number of rotatable bonds is 4. The number of aromatic nitrogens is 4. The molecule has 146 valence electrons. The number of hydrogen-bond acceptors (Lipinski definition) is 6. The Morgan fingerprint density at radius 2 is 1.97 bits per heavy atom. The van der Waals surface area contributed by atoms with Crippen LogP contribution in [0.25, 0.3) is 21.8 Å². The van der Waals surface area contributed by atoms with Crippen LogP contribution in [-0.2, 0) is 0 Å². The normalized spacial score (nSPS) is 12.1. The maximum absolute atomic E-state index is 12.8. The second-order valence-electron chi connectivity index (χ2n) is 6.89. The molecule has 1 amide bonds. The molecule has 0 saturated carbocycles. The molecule has 1 unspecified atom stereocenters. The zero-order valence-corrected chi connectivity index (χ0v) is 17.0. The first-order chi connectivity index (χ1) is 14.0. The first-order valence-corrected chi connectivity index (χ1v) is 9.46. The summed E-state index contributed by atoms with van der Waals surface area (Å²) in [5, 5.41) is 5.34. The number of hydrogen-bond donors (Lipinski definition) is 1. The summed E-state index contributed by atoms with van der Waals surface area (Å²) in [6, 6.07) is 11.0. The lowest BCUT2D eigenvalue weighted by atomic mass is 10.1. The molecule has 1 N–H and O–H groups in total. The SMILES string of the molecule is CC(Nc1ncnc2cccnc12)c1cc2cccc(Cl)c2c(C(=O)N(C)C)n1. The molecule has 29 heavy (non-hydrogen) atoms. The van der Waals surface area contributed by atoms with Crippen molar-refractivity contribution in [3.63, 3.8) is 0 Å². The minimum absolute atomic E-state index is 0.202. The highest BCUT2D eigenvalue weighted by atomic mass is 35.5. The third-order valence-electron chi connectivity index (χ3n) is 4.63. The summed E-state index contributed by atoms with van der Waals surface area (Å²) in [5.41, 5.74) is 2.45. The van der Waals surface area contributed by atoms with E-state index in [-0.39, 0.29) is 11.9 Å². The van der Waals surface area contributed by atoms with E-state index in [1.807, 2.05) is 37.3 Å². The molecule has 0 aliphatic heterocycles. The van der Waals surface area contributed by atoms with Crippen molar-refractivity contribution in [1.82, 2.24) is 24.8 Å². The Bertz CT molecular complexity index is 1220. The van der Waals surface area contributed by atoms with Crippen LogP contribution in [0, 0.1) is 0 Å². The largest absolute Gasteiger partial charge is 0.360 e. The Kier molecular flexibility index (Phi) is 4.98. The topological polar surface area (TPSA) is 83.9 Å². The summed E-state index contributed by atoms with van der Waals surface area (Å²) in [6.45, 7) is 1.96. The number of amides is 1. The van der Waals surface area contributed by atoms with Gasteiger partial charge in [-0.2, -0.15) is 0 Å². The lowest BCUT2D eigenvalue weighted by Crippen LogP contribution is -2.24. The summed E-state index contributed by atoms with van der Waals surface area (Å²) in [4.78, 5) is 31.9. The molecule has 3 aromatic heterocycles. The Morgan fingerprint density at radius 3 is 2.76 bits per heavy atom. The van der Waals surface area contributed by atoms with E-state index in [0.29, 0.717) is 33.1 Å². The number of carbonyl (C=O) groups excluding carboxylic acids is 1. The van der Waals surface area contributed by atoms with Crippen molar-refractivity contribution in [2.75, 3.05) is 19.4 Å². The summed E-state index contributed by atoms with van der Waals surface area (Å²) in [7, 11) is 3.39. The summed E-state index contributed by atoms with van der Waals surface area (Å²) in [6.07, 6.45) is 3.19. The monoisotopic (exact) mass is 406 g/mol. The number of carbonyl (C=O) groups is 1. The third-order valence-corrected chi connectivity index (χ3v) is 4.94. The van der Waals surface area contributed by atoms with Gasteiger partial charge in [0.05, 0.1) is 22.3 Å². The zero-order valence-electron chi connectivity index (χ0n) is 16.2. The van der Waals surface area contributed by atoms with Gasteiger partial charge in [0.1, 0.15) is 17.5 Å². The fourth-order valence-electron chi connectivity index (χ4n) is 3.15. The van der Waals surface area contributed by atoms with E-state index in [4.69, 9.17) is 11.6 Å². The third kappa shape index (κ3) is 3.56. The quantitative estimate of drug-likeness (QED) is 0.549. The van der Waals surface area contributed by atoms with Crippen LogP contribution in [0.4, 0.5) is 5.82 Å². The predicted octanol–water partition coefficient (Wildman–Crippen LogP) is 4.10. The van der Waals surface area contributed by atoms with Crippen LogP contribution in [0.1, 0.15) is 29.1 Å². The molecule has 0 spiro atoms. The van der Waals surface area contributed by atoms with E-state index in [1.165, 1.54) is 11.2 Å². The zero-order chi connectivity index (χ0) is 20.5. The predicted molar refractivity (Wildman–Crippen MR) is 114 cm³/mol. The van der Waals surface area contributed by atoms with Crippen LogP contribution < -0.4 is 5.32 Å². The molecule has 0 fully saturated rings. The number of fused-ring (bicyclic) bond motifs is 2. The highest BCUT2D eigenvalue weighted by Gasteiger charge is 2.20. The van der Waals surface area contributed by atoms with Crippen molar-refractivity contribution in [2.45, 2.75) is 13.0 Å². The lowest BCUT2D eigenvalue weighted by molar-refractivity contribution is 0.0824. The fraction of sp³-hybridized carbons (Fsp3) is 0.190. The highest BCUT2D eigenvalue weighted by molar-refractivity contribution is 6.36. The summed E-state index contributed by atoms with van der Waals surface area (Å²) >= 11 is 6.39. The Labute approximate surface area is 172 Å². The van der Waals surface area contributed by atoms with Crippen LogP contribution in [0.5, 0.6) is 0 Å². The smallest absolute Gasteiger partial charge is 0.272 e. The fourth-order valence-corrected chi connectivity index (χ4v) is 3.43. The lowest BCUT2D eigenvalue weighted by Gasteiger charge is -2.18. The average molecular weight is 407 g/mol. The number of benzene rings is 1. The van der Waals surface area contributed by atoms with Crippen molar-refractivity contribution in [2.24, 2.45) is 0 Å². The van der Waals surface area contributed by atoms with Gasteiger partial charge < -0.3 is 10.2 Å². The van der Waals surface area contributed by atoms with Crippen molar-refractivity contribution in [3.8, 4) is 0 Å². The van der Waals surface area contributed by atoms with Crippen molar-refractivity contribution in [3.05, 3.63) is 65.3 Å². The minimum atomic E-state index is -0.229. The summed E-state index contributed by atoms with van der Waals surface area (Å²) < 4.78 is 0. The molecule has 0 aliphatic carbocycles. The van der Waals surface area contributed by atoms with E-state index in [9.17, 15) is 4.79 Å². The molecule has 1 atom stereocenters. The number of anilines is 1. The first kappa shape index (κ1) is 19.0. The highest BCUT2D eigenvalue weighted by Crippen LogP contribution is 2.30. The average Bonchev–Trinajstić information content (AvgIpc) is 2.72. The van der Waals surface area contributed by atoms with Crippen LogP contribution in [0.15, 0.2) is 48.9 Å². The van der Waals surface area contributed by atoms with Crippen molar-refractivity contribution < 1.29 is 4.79 Å². The maximum Gasteiger partial charge on any atom is 0.272 e.